The summed E-state index contributed by atoms with van der Waals surface area (Å²) in [6, 6.07) is 0. The van der Waals surface area contributed by atoms with Crippen LogP contribution in [0.1, 0.15) is 6.42 Å². The van der Waals surface area contributed by atoms with Crippen molar-refractivity contribution in [2.45, 2.75) is 6.42 Å². The summed E-state index contributed by atoms with van der Waals surface area (Å²) in [7, 11) is 0. The van der Waals surface area contributed by atoms with Gasteiger partial charge in [0.2, 0.25) is 0 Å². The van der Waals surface area contributed by atoms with E-state index < -0.39 is 5.97 Å². The van der Waals surface area contributed by atoms with Gasteiger partial charge in [-0.3, -0.25) is 4.79 Å². The molecule has 0 aromatic heterocycles. The van der Waals surface area contributed by atoms with E-state index >= 15 is 0 Å². The summed E-state index contributed by atoms with van der Waals surface area (Å²) in [6.45, 7) is 0. The van der Waals surface area contributed by atoms with E-state index in [1.54, 1.807) is 0 Å². The van der Waals surface area contributed by atoms with E-state index in [2.05, 4.69) is 0 Å². The third-order valence-electron chi connectivity index (χ3n) is 1.33. The van der Waals surface area contributed by atoms with E-state index in [1.165, 1.54) is 0 Å². The quantitative estimate of drug-likeness (QED) is 0.510. The lowest BCUT2D eigenvalue weighted by Crippen LogP contribution is -1.99. The number of carbonyl (C=O) groups is 2. The fraction of sp³-hybridized carbons (Fsp3) is 0.600. The monoisotopic (exact) mass is 114 g/mol. The third-order valence-corrected chi connectivity index (χ3v) is 1.33. The number of hydrogen-bond donors (Lipinski definition) is 1. The Balaban J connectivity index is 2.36. The maximum Gasteiger partial charge on any atom is 0.307 e. The molecule has 3 heteroatoms. The maximum atomic E-state index is 9.97. The van der Waals surface area contributed by atoms with E-state index in [0.29, 0.717) is 12.7 Å². The summed E-state index contributed by atoms with van der Waals surface area (Å²) in [5.41, 5.74) is 0. The minimum absolute atomic E-state index is 0.188. The van der Waals surface area contributed by atoms with Crippen molar-refractivity contribution >= 4 is 12.3 Å². The van der Waals surface area contributed by atoms with Crippen LogP contribution in [-0.2, 0) is 9.59 Å². The Morgan fingerprint density at radius 2 is 2.38 bits per heavy atom. The van der Waals surface area contributed by atoms with Crippen LogP contribution in [0, 0.1) is 11.8 Å². The van der Waals surface area contributed by atoms with Crippen molar-refractivity contribution in [2.75, 3.05) is 0 Å². The van der Waals surface area contributed by atoms with Gasteiger partial charge in [0.1, 0.15) is 6.29 Å². The van der Waals surface area contributed by atoms with Gasteiger partial charge in [-0.25, -0.2) is 0 Å². The van der Waals surface area contributed by atoms with Crippen molar-refractivity contribution in [1.29, 1.82) is 0 Å². The largest absolute Gasteiger partial charge is 0.481 e. The Morgan fingerprint density at radius 3 is 2.50 bits per heavy atom. The zero-order valence-electron chi connectivity index (χ0n) is 4.20. The Kier molecular flexibility index (Phi) is 1.04. The topological polar surface area (TPSA) is 54.4 Å². The molecule has 0 aromatic rings. The first kappa shape index (κ1) is 5.28. The SMILES string of the molecule is O=C[C@H]1C[C@@H]1C(=O)O. The fourth-order valence-electron chi connectivity index (χ4n) is 0.649. The van der Waals surface area contributed by atoms with Crippen LogP contribution in [0.15, 0.2) is 0 Å². The number of hydrogen-bond acceptors (Lipinski definition) is 2. The second kappa shape index (κ2) is 1.58. The van der Waals surface area contributed by atoms with Gasteiger partial charge in [-0.15, -0.1) is 0 Å². The minimum atomic E-state index is -0.845. The minimum Gasteiger partial charge on any atom is -0.481 e. The van der Waals surface area contributed by atoms with E-state index in [0.717, 1.165) is 0 Å². The van der Waals surface area contributed by atoms with Crippen molar-refractivity contribution in [1.82, 2.24) is 0 Å². The van der Waals surface area contributed by atoms with E-state index in [-0.39, 0.29) is 11.8 Å². The predicted molar refractivity (Wildman–Crippen MR) is 25.3 cm³/mol. The molecule has 8 heavy (non-hydrogen) atoms. The highest BCUT2D eigenvalue weighted by Crippen LogP contribution is 2.36. The lowest BCUT2D eigenvalue weighted by molar-refractivity contribution is -0.139. The summed E-state index contributed by atoms with van der Waals surface area (Å²) in [5.74, 6) is -1.40. The van der Waals surface area contributed by atoms with Gasteiger partial charge in [0.15, 0.2) is 0 Å². The average Bonchev–Trinajstić information content (AvgIpc) is 2.42. The molecule has 0 amide bonds. The molecular formula is C5H6O3. The third kappa shape index (κ3) is 0.710. The summed E-state index contributed by atoms with van der Waals surface area (Å²) in [4.78, 5) is 19.8. The molecule has 1 aliphatic rings. The van der Waals surface area contributed by atoms with Crippen LogP contribution in [0.25, 0.3) is 0 Å². The molecule has 0 spiro atoms. The number of carboxylic acid groups (broad SMARTS) is 1. The molecule has 44 valence electrons. The van der Waals surface area contributed by atoms with Gasteiger partial charge in [0.05, 0.1) is 5.92 Å². The lowest BCUT2D eigenvalue weighted by Gasteiger charge is -1.79. The average molecular weight is 114 g/mol. The van der Waals surface area contributed by atoms with Crippen LogP contribution in [0.2, 0.25) is 0 Å². The molecule has 0 aliphatic heterocycles. The van der Waals surface area contributed by atoms with Gasteiger partial charge in [0.25, 0.3) is 0 Å². The van der Waals surface area contributed by atoms with E-state index in [4.69, 9.17) is 5.11 Å². The van der Waals surface area contributed by atoms with Crippen molar-refractivity contribution in [3.8, 4) is 0 Å². The molecular weight excluding hydrogens is 108 g/mol. The molecule has 0 radical (unpaired) electrons. The number of carbonyl (C=O) groups excluding carboxylic acids is 1. The molecule has 1 rings (SSSR count). The molecule has 1 N–H and O–H groups in total. The molecule has 3 nitrogen and oxygen atoms in total. The van der Waals surface area contributed by atoms with Crippen LogP contribution in [0.4, 0.5) is 0 Å². The molecule has 0 saturated heterocycles. The second-order valence-corrected chi connectivity index (χ2v) is 1.98. The Labute approximate surface area is 46.3 Å². The maximum absolute atomic E-state index is 9.97. The molecule has 0 aromatic carbocycles. The highest BCUT2D eigenvalue weighted by Gasteiger charge is 2.42. The normalized spacial score (nSPS) is 34.0. The summed E-state index contributed by atoms with van der Waals surface area (Å²) in [5, 5.41) is 8.20. The van der Waals surface area contributed by atoms with Crippen molar-refractivity contribution in [3.63, 3.8) is 0 Å². The zero-order valence-corrected chi connectivity index (χ0v) is 4.20. The predicted octanol–water partition coefficient (Wildman–Crippen LogP) is -0.0940. The highest BCUT2D eigenvalue weighted by molar-refractivity contribution is 5.80. The van der Waals surface area contributed by atoms with E-state index in [9.17, 15) is 9.59 Å². The van der Waals surface area contributed by atoms with Gasteiger partial charge in [-0.2, -0.15) is 0 Å². The molecule has 2 atom stereocenters. The van der Waals surface area contributed by atoms with Crippen molar-refractivity contribution < 1.29 is 14.7 Å². The molecule has 0 bridgehead atoms. The first-order valence-electron chi connectivity index (χ1n) is 2.44. The summed E-state index contributed by atoms with van der Waals surface area (Å²) >= 11 is 0. The van der Waals surface area contributed by atoms with Crippen LogP contribution < -0.4 is 0 Å². The Hall–Kier alpha value is -0.860. The Bertz CT molecular complexity index is 130. The van der Waals surface area contributed by atoms with Crippen LogP contribution in [0.5, 0.6) is 0 Å². The van der Waals surface area contributed by atoms with Gasteiger partial charge >= 0.3 is 5.97 Å². The smallest absolute Gasteiger partial charge is 0.307 e. The molecule has 1 saturated carbocycles. The molecule has 0 heterocycles. The van der Waals surface area contributed by atoms with E-state index in [1.807, 2.05) is 0 Å². The standard InChI is InChI=1S/C5H6O3/c6-2-3-1-4(3)5(7)8/h2-4H,1H2,(H,7,8)/t3-,4+/m1/s1. The zero-order chi connectivity index (χ0) is 6.15. The van der Waals surface area contributed by atoms with Crippen molar-refractivity contribution in [3.05, 3.63) is 0 Å². The van der Waals surface area contributed by atoms with Crippen molar-refractivity contribution in [2.24, 2.45) is 11.8 Å². The first-order valence-corrected chi connectivity index (χ1v) is 2.44. The van der Waals surface area contributed by atoms with Gasteiger partial charge in [0, 0.05) is 5.92 Å². The summed E-state index contributed by atoms with van der Waals surface area (Å²) in [6.07, 6.45) is 1.25. The fourth-order valence-corrected chi connectivity index (χ4v) is 0.649. The second-order valence-electron chi connectivity index (χ2n) is 1.98. The molecule has 1 aliphatic carbocycles. The highest BCUT2D eigenvalue weighted by atomic mass is 16.4. The Morgan fingerprint density at radius 1 is 1.75 bits per heavy atom. The van der Waals surface area contributed by atoms with Crippen LogP contribution >= 0.6 is 0 Å². The van der Waals surface area contributed by atoms with Gasteiger partial charge in [-0.05, 0) is 6.42 Å². The number of rotatable bonds is 2. The summed E-state index contributed by atoms with van der Waals surface area (Å²) < 4.78 is 0. The number of aldehydes is 1. The first-order chi connectivity index (χ1) is 3.75. The van der Waals surface area contributed by atoms with Crippen LogP contribution in [0.3, 0.4) is 0 Å². The number of aliphatic carboxylic acids is 1. The number of carboxylic acids is 1. The van der Waals surface area contributed by atoms with Gasteiger partial charge in [-0.1, -0.05) is 0 Å². The van der Waals surface area contributed by atoms with Crippen LogP contribution in [-0.4, -0.2) is 17.4 Å². The van der Waals surface area contributed by atoms with Gasteiger partial charge < -0.3 is 9.90 Å². The molecule has 1 fully saturated rings. The molecule has 0 unspecified atom stereocenters. The lowest BCUT2D eigenvalue weighted by atomic mass is 10.3.